The van der Waals surface area contributed by atoms with Crippen molar-refractivity contribution in [1.29, 1.82) is 0 Å². The molecule has 0 radical (unpaired) electrons. The Kier molecular flexibility index (Phi) is 3.27. The number of hydrogen-bond acceptors (Lipinski definition) is 6. The lowest BCUT2D eigenvalue weighted by Crippen LogP contribution is -2.33. The third-order valence-electron chi connectivity index (χ3n) is 2.30. The van der Waals surface area contributed by atoms with Crippen molar-refractivity contribution in [3.63, 3.8) is 0 Å². The first-order valence-corrected chi connectivity index (χ1v) is 6.10. The first-order chi connectivity index (χ1) is 7.29. The van der Waals surface area contributed by atoms with Gasteiger partial charge in [-0.15, -0.1) is 0 Å². The second-order valence-electron chi connectivity index (χ2n) is 3.43. The number of hydrogen-bond donors (Lipinski definition) is 2. The maximum absolute atomic E-state index is 5.32. The molecule has 0 aliphatic carbocycles. The molecular formula is C9H15N5S. The lowest BCUT2D eigenvalue weighted by molar-refractivity contribution is 0.832. The van der Waals surface area contributed by atoms with E-state index < -0.39 is 0 Å². The summed E-state index contributed by atoms with van der Waals surface area (Å²) in [6.07, 6.45) is 0. The summed E-state index contributed by atoms with van der Waals surface area (Å²) in [5.41, 5.74) is 3.43. The number of rotatable bonds is 2. The Morgan fingerprint density at radius 1 is 1.40 bits per heavy atom. The molecule has 0 atom stereocenters. The average Bonchev–Trinajstić information content (AvgIpc) is 2.29. The highest BCUT2D eigenvalue weighted by atomic mass is 32.2. The highest BCUT2D eigenvalue weighted by Crippen LogP contribution is 2.18. The monoisotopic (exact) mass is 225 g/mol. The number of aromatic nitrogens is 2. The van der Waals surface area contributed by atoms with Gasteiger partial charge in [0.25, 0.3) is 0 Å². The molecule has 1 aromatic heterocycles. The van der Waals surface area contributed by atoms with Crippen LogP contribution in [0.4, 0.5) is 11.8 Å². The first kappa shape index (κ1) is 10.5. The van der Waals surface area contributed by atoms with Crippen LogP contribution < -0.4 is 16.2 Å². The molecule has 1 aliphatic rings. The average molecular weight is 225 g/mol. The highest BCUT2D eigenvalue weighted by Gasteiger charge is 2.13. The molecule has 2 rings (SSSR count). The largest absolute Gasteiger partial charge is 0.355 e. The molecule has 0 saturated carbocycles. The number of nitrogens with zero attached hydrogens (tertiary/aromatic N) is 3. The fourth-order valence-electron chi connectivity index (χ4n) is 1.57. The lowest BCUT2D eigenvalue weighted by atomic mass is 10.4. The first-order valence-electron chi connectivity index (χ1n) is 4.94. The second-order valence-corrected chi connectivity index (χ2v) is 4.66. The summed E-state index contributed by atoms with van der Waals surface area (Å²) in [6, 6.07) is 2.00. The number of nitrogens with one attached hydrogen (secondary N) is 1. The molecular weight excluding hydrogens is 210 g/mol. The molecule has 1 aromatic rings. The van der Waals surface area contributed by atoms with Crippen molar-refractivity contribution in [2.45, 2.75) is 6.92 Å². The molecule has 2 heterocycles. The van der Waals surface area contributed by atoms with Gasteiger partial charge >= 0.3 is 0 Å². The van der Waals surface area contributed by atoms with Crippen LogP contribution in [0.1, 0.15) is 5.69 Å². The van der Waals surface area contributed by atoms with Crippen LogP contribution in [0.2, 0.25) is 0 Å². The van der Waals surface area contributed by atoms with E-state index in [4.69, 9.17) is 5.84 Å². The van der Waals surface area contributed by atoms with E-state index >= 15 is 0 Å². The molecule has 1 saturated heterocycles. The number of anilines is 2. The number of nitrogens with two attached hydrogens (primary N) is 1. The highest BCUT2D eigenvalue weighted by molar-refractivity contribution is 7.99. The van der Waals surface area contributed by atoms with E-state index in [1.165, 1.54) is 0 Å². The van der Waals surface area contributed by atoms with Gasteiger partial charge in [-0.3, -0.25) is 5.43 Å². The summed E-state index contributed by atoms with van der Waals surface area (Å²) < 4.78 is 0. The van der Waals surface area contributed by atoms with Crippen molar-refractivity contribution in [2.75, 3.05) is 34.9 Å². The normalized spacial score (nSPS) is 16.5. The summed E-state index contributed by atoms with van der Waals surface area (Å²) in [5.74, 6) is 9.10. The molecule has 5 nitrogen and oxygen atoms in total. The van der Waals surface area contributed by atoms with Crippen molar-refractivity contribution in [1.82, 2.24) is 9.97 Å². The smallest absolute Gasteiger partial charge is 0.239 e. The van der Waals surface area contributed by atoms with Crippen LogP contribution in [0.25, 0.3) is 0 Å². The summed E-state index contributed by atoms with van der Waals surface area (Å²) >= 11 is 1.98. The summed E-state index contributed by atoms with van der Waals surface area (Å²) in [6.45, 7) is 4.04. The third kappa shape index (κ3) is 2.51. The maximum atomic E-state index is 5.32. The van der Waals surface area contributed by atoms with Gasteiger partial charge in [0, 0.05) is 36.4 Å². The predicted octanol–water partition coefficient (Wildman–Crippen LogP) is 0.624. The predicted molar refractivity (Wildman–Crippen MR) is 64.1 cm³/mol. The topological polar surface area (TPSA) is 67.1 Å². The van der Waals surface area contributed by atoms with Gasteiger partial charge in [0.1, 0.15) is 5.82 Å². The summed E-state index contributed by atoms with van der Waals surface area (Å²) in [7, 11) is 0. The third-order valence-corrected chi connectivity index (χ3v) is 3.25. The fourth-order valence-corrected chi connectivity index (χ4v) is 2.47. The lowest BCUT2D eigenvalue weighted by Gasteiger charge is -2.27. The van der Waals surface area contributed by atoms with Crippen molar-refractivity contribution in [3.05, 3.63) is 11.8 Å². The van der Waals surface area contributed by atoms with Gasteiger partial charge < -0.3 is 4.90 Å². The zero-order chi connectivity index (χ0) is 10.7. The van der Waals surface area contributed by atoms with Crippen LogP contribution in [-0.4, -0.2) is 34.6 Å². The van der Waals surface area contributed by atoms with E-state index in [1.54, 1.807) is 0 Å². The Balaban J connectivity index is 2.22. The van der Waals surface area contributed by atoms with Crippen LogP contribution in [0.5, 0.6) is 0 Å². The number of aryl methyl sites for hydroxylation is 1. The van der Waals surface area contributed by atoms with Crippen LogP contribution >= 0.6 is 11.8 Å². The Bertz CT molecular complexity index is 337. The molecule has 0 aromatic carbocycles. The van der Waals surface area contributed by atoms with Crippen molar-refractivity contribution in [3.8, 4) is 0 Å². The molecule has 82 valence electrons. The zero-order valence-electron chi connectivity index (χ0n) is 8.73. The number of thioether (sulfide) groups is 1. The number of hydrazine groups is 1. The standard InChI is InChI=1S/C9H15N5S/c1-7-6-8(12-9(11-7)13-10)14-2-4-15-5-3-14/h6H,2-5,10H2,1H3,(H,11,12,13). The molecule has 3 N–H and O–H groups in total. The minimum Gasteiger partial charge on any atom is -0.355 e. The minimum absolute atomic E-state index is 0.489. The van der Waals surface area contributed by atoms with E-state index in [-0.39, 0.29) is 0 Å². The fraction of sp³-hybridized carbons (Fsp3) is 0.556. The van der Waals surface area contributed by atoms with Crippen molar-refractivity contribution in [2.24, 2.45) is 5.84 Å². The molecule has 1 fully saturated rings. The van der Waals surface area contributed by atoms with Crippen LogP contribution in [0.3, 0.4) is 0 Å². The van der Waals surface area contributed by atoms with Gasteiger partial charge in [-0.05, 0) is 6.92 Å². The second kappa shape index (κ2) is 4.67. The molecule has 6 heteroatoms. The molecule has 0 bridgehead atoms. The Hall–Kier alpha value is -1.01. The van der Waals surface area contributed by atoms with Gasteiger partial charge in [-0.25, -0.2) is 10.8 Å². The van der Waals surface area contributed by atoms with Crippen LogP contribution in [0.15, 0.2) is 6.07 Å². The molecule has 1 aliphatic heterocycles. The summed E-state index contributed by atoms with van der Waals surface area (Å²) in [5, 5.41) is 0. The van der Waals surface area contributed by atoms with Gasteiger partial charge in [0.15, 0.2) is 0 Å². The Morgan fingerprint density at radius 3 is 2.80 bits per heavy atom. The van der Waals surface area contributed by atoms with E-state index in [9.17, 15) is 0 Å². The molecule has 0 amide bonds. The van der Waals surface area contributed by atoms with E-state index in [0.717, 1.165) is 36.1 Å². The van der Waals surface area contributed by atoms with Crippen LogP contribution in [-0.2, 0) is 0 Å². The zero-order valence-corrected chi connectivity index (χ0v) is 9.55. The summed E-state index contributed by atoms with van der Waals surface area (Å²) in [4.78, 5) is 10.8. The molecule has 15 heavy (non-hydrogen) atoms. The number of nitrogen functional groups attached to an aromatic ring is 1. The molecule has 0 unspecified atom stereocenters. The van der Waals surface area contributed by atoms with Gasteiger partial charge in [0.2, 0.25) is 5.95 Å². The minimum atomic E-state index is 0.489. The van der Waals surface area contributed by atoms with Gasteiger partial charge in [-0.2, -0.15) is 16.7 Å². The van der Waals surface area contributed by atoms with E-state index in [2.05, 4.69) is 20.3 Å². The maximum Gasteiger partial charge on any atom is 0.239 e. The Labute approximate surface area is 93.4 Å². The van der Waals surface area contributed by atoms with Crippen molar-refractivity contribution >= 4 is 23.5 Å². The van der Waals surface area contributed by atoms with Crippen LogP contribution in [0, 0.1) is 6.92 Å². The van der Waals surface area contributed by atoms with Gasteiger partial charge in [0.05, 0.1) is 0 Å². The molecule has 0 spiro atoms. The Morgan fingerprint density at radius 2 is 2.13 bits per heavy atom. The quantitative estimate of drug-likeness (QED) is 0.568. The SMILES string of the molecule is Cc1cc(N2CCSCC2)nc(NN)n1. The van der Waals surface area contributed by atoms with E-state index in [1.807, 2.05) is 24.8 Å². The van der Waals surface area contributed by atoms with Gasteiger partial charge in [-0.1, -0.05) is 0 Å². The van der Waals surface area contributed by atoms with E-state index in [0.29, 0.717) is 5.95 Å². The van der Waals surface area contributed by atoms with Crippen molar-refractivity contribution < 1.29 is 0 Å².